The monoisotopic (exact) mass is 295 g/mol. The van der Waals surface area contributed by atoms with Gasteiger partial charge in [0.25, 0.3) is 0 Å². The summed E-state index contributed by atoms with van der Waals surface area (Å²) in [7, 11) is -3.56. The minimum absolute atomic E-state index is 0.212. The van der Waals surface area contributed by atoms with E-state index >= 15 is 0 Å². The van der Waals surface area contributed by atoms with Gasteiger partial charge in [-0.15, -0.1) is 0 Å². The fourth-order valence-corrected chi connectivity index (χ4v) is 3.08. The number of nitrogens with zero attached hydrogens (tertiary/aromatic N) is 1. The van der Waals surface area contributed by atoms with E-state index in [0.717, 1.165) is 5.39 Å². The number of ether oxygens (including phenoxy) is 1. The van der Waals surface area contributed by atoms with Gasteiger partial charge >= 0.3 is 0 Å². The van der Waals surface area contributed by atoms with Crippen LogP contribution in [0.1, 0.15) is 0 Å². The third-order valence-electron chi connectivity index (χ3n) is 2.73. The van der Waals surface area contributed by atoms with E-state index in [-0.39, 0.29) is 11.4 Å². The lowest BCUT2D eigenvalue weighted by Gasteiger charge is -2.09. The van der Waals surface area contributed by atoms with Gasteiger partial charge in [0.1, 0.15) is 0 Å². The van der Waals surface area contributed by atoms with Gasteiger partial charge in [-0.1, -0.05) is 12.1 Å². The summed E-state index contributed by atoms with van der Waals surface area (Å²) >= 11 is 0. The van der Waals surface area contributed by atoms with Gasteiger partial charge in [-0.05, 0) is 12.1 Å². The molecule has 2 rings (SSSR count). The molecule has 6 nitrogen and oxygen atoms in total. The third-order valence-corrected chi connectivity index (χ3v) is 4.25. The molecule has 0 atom stereocenters. The van der Waals surface area contributed by atoms with Gasteiger partial charge < -0.3 is 10.5 Å². The smallest absolute Gasteiger partial charge is 0.241 e. The summed E-state index contributed by atoms with van der Waals surface area (Å²) in [6.07, 6.45) is 3.21. The molecule has 0 aliphatic carbocycles. The molecule has 3 N–H and O–H groups in total. The van der Waals surface area contributed by atoms with Crippen molar-refractivity contribution in [2.75, 3.05) is 26.3 Å². The van der Waals surface area contributed by atoms with Gasteiger partial charge in [-0.2, -0.15) is 0 Å². The molecule has 0 spiro atoms. The first-order valence-electron chi connectivity index (χ1n) is 6.25. The number of nitrogens with one attached hydrogen (secondary N) is 1. The number of pyridine rings is 1. The average Bonchev–Trinajstić information content (AvgIpc) is 2.46. The Kier molecular flexibility index (Phi) is 5.02. The summed E-state index contributed by atoms with van der Waals surface area (Å²) in [6, 6.07) is 6.79. The second-order valence-corrected chi connectivity index (χ2v) is 5.89. The van der Waals surface area contributed by atoms with Crippen molar-refractivity contribution >= 4 is 20.8 Å². The normalized spacial score (nSPS) is 11.8. The van der Waals surface area contributed by atoms with Crippen molar-refractivity contribution in [2.24, 2.45) is 5.73 Å². The van der Waals surface area contributed by atoms with E-state index in [9.17, 15) is 8.42 Å². The van der Waals surface area contributed by atoms with Crippen LogP contribution in [0.15, 0.2) is 41.6 Å². The molecule has 7 heteroatoms. The van der Waals surface area contributed by atoms with E-state index in [4.69, 9.17) is 10.5 Å². The van der Waals surface area contributed by atoms with Crippen LogP contribution in [-0.2, 0) is 14.8 Å². The molecule has 0 amide bonds. The quantitative estimate of drug-likeness (QED) is 0.725. The molecule has 0 fully saturated rings. The van der Waals surface area contributed by atoms with Crippen LogP contribution in [0.25, 0.3) is 10.8 Å². The lowest BCUT2D eigenvalue weighted by atomic mass is 10.2. The molecule has 0 saturated carbocycles. The molecule has 0 radical (unpaired) electrons. The molecule has 1 aromatic heterocycles. The van der Waals surface area contributed by atoms with E-state index in [0.29, 0.717) is 25.1 Å². The molecule has 0 aliphatic rings. The van der Waals surface area contributed by atoms with Crippen LogP contribution < -0.4 is 10.5 Å². The van der Waals surface area contributed by atoms with Crippen LogP contribution in [0.5, 0.6) is 0 Å². The topological polar surface area (TPSA) is 94.3 Å². The predicted octanol–water partition coefficient (Wildman–Crippen LogP) is 0.488. The average molecular weight is 295 g/mol. The number of sulfonamides is 1. The number of rotatable bonds is 7. The van der Waals surface area contributed by atoms with Gasteiger partial charge in [-0.3, -0.25) is 4.98 Å². The van der Waals surface area contributed by atoms with E-state index < -0.39 is 10.0 Å². The number of hydrogen-bond acceptors (Lipinski definition) is 5. The first-order chi connectivity index (χ1) is 9.65. The first-order valence-corrected chi connectivity index (χ1v) is 7.73. The molecule has 1 heterocycles. The van der Waals surface area contributed by atoms with Gasteiger partial charge in [0, 0.05) is 36.3 Å². The standard InChI is InChI=1S/C13H17N3O3S/c14-5-8-19-9-7-16-20(17,18)13-3-1-2-11-10-15-6-4-12(11)13/h1-4,6,10,16H,5,7-9,14H2. The van der Waals surface area contributed by atoms with Crippen molar-refractivity contribution in [3.8, 4) is 0 Å². The maximum atomic E-state index is 12.3. The fraction of sp³-hybridized carbons (Fsp3) is 0.308. The lowest BCUT2D eigenvalue weighted by molar-refractivity contribution is 0.147. The molecule has 0 unspecified atom stereocenters. The summed E-state index contributed by atoms with van der Waals surface area (Å²) < 4.78 is 32.2. The SMILES string of the molecule is NCCOCCNS(=O)(=O)c1cccc2cnccc12. The maximum Gasteiger partial charge on any atom is 0.241 e. The summed E-state index contributed by atoms with van der Waals surface area (Å²) in [5.41, 5.74) is 5.28. The summed E-state index contributed by atoms with van der Waals surface area (Å²) in [5, 5.41) is 1.44. The highest BCUT2D eigenvalue weighted by Gasteiger charge is 2.16. The zero-order chi connectivity index (χ0) is 14.4. The van der Waals surface area contributed by atoms with Gasteiger partial charge in [0.05, 0.1) is 18.1 Å². The molecule has 0 aliphatic heterocycles. The van der Waals surface area contributed by atoms with Crippen molar-refractivity contribution < 1.29 is 13.2 Å². The zero-order valence-corrected chi connectivity index (χ0v) is 11.8. The maximum absolute atomic E-state index is 12.3. The van der Waals surface area contributed by atoms with E-state index in [1.54, 1.807) is 30.6 Å². The molecule has 1 aromatic carbocycles. The largest absolute Gasteiger partial charge is 0.379 e. The summed E-state index contributed by atoms with van der Waals surface area (Å²) in [5.74, 6) is 0. The fourth-order valence-electron chi connectivity index (χ4n) is 1.84. The van der Waals surface area contributed by atoms with E-state index in [2.05, 4.69) is 9.71 Å². The van der Waals surface area contributed by atoms with Crippen molar-refractivity contribution in [1.29, 1.82) is 0 Å². The highest BCUT2D eigenvalue weighted by molar-refractivity contribution is 7.89. The predicted molar refractivity (Wildman–Crippen MR) is 76.8 cm³/mol. The van der Waals surface area contributed by atoms with Gasteiger partial charge in [-0.25, -0.2) is 13.1 Å². The van der Waals surface area contributed by atoms with Crippen LogP contribution in [0.4, 0.5) is 0 Å². The molecule has 108 valence electrons. The van der Waals surface area contributed by atoms with Crippen LogP contribution in [-0.4, -0.2) is 39.7 Å². The molecule has 0 saturated heterocycles. The van der Waals surface area contributed by atoms with Crippen LogP contribution in [0.3, 0.4) is 0 Å². The highest BCUT2D eigenvalue weighted by atomic mass is 32.2. The number of aromatic nitrogens is 1. The number of nitrogens with two attached hydrogens (primary N) is 1. The summed E-state index contributed by atoms with van der Waals surface area (Å²) in [4.78, 5) is 4.23. The molecule has 2 aromatic rings. The molecule has 0 bridgehead atoms. The minimum atomic E-state index is -3.56. The Bertz CT molecular complexity index is 668. The first kappa shape index (κ1) is 14.9. The van der Waals surface area contributed by atoms with Crippen molar-refractivity contribution in [3.63, 3.8) is 0 Å². The Labute approximate surface area is 118 Å². The van der Waals surface area contributed by atoms with Crippen molar-refractivity contribution in [1.82, 2.24) is 9.71 Å². The molecular formula is C13H17N3O3S. The Morgan fingerprint density at radius 2 is 2.10 bits per heavy atom. The van der Waals surface area contributed by atoms with Crippen LogP contribution >= 0.6 is 0 Å². The van der Waals surface area contributed by atoms with Crippen LogP contribution in [0, 0.1) is 0 Å². The zero-order valence-electron chi connectivity index (χ0n) is 11.0. The minimum Gasteiger partial charge on any atom is -0.379 e. The number of fused-ring (bicyclic) bond motifs is 1. The Morgan fingerprint density at radius 1 is 1.25 bits per heavy atom. The van der Waals surface area contributed by atoms with Gasteiger partial charge in [0.2, 0.25) is 10.0 Å². The van der Waals surface area contributed by atoms with Crippen molar-refractivity contribution in [3.05, 3.63) is 36.7 Å². The van der Waals surface area contributed by atoms with E-state index in [1.807, 2.05) is 6.07 Å². The van der Waals surface area contributed by atoms with Crippen LogP contribution in [0.2, 0.25) is 0 Å². The van der Waals surface area contributed by atoms with Gasteiger partial charge in [0.15, 0.2) is 0 Å². The summed E-state index contributed by atoms with van der Waals surface area (Å²) in [6.45, 7) is 1.34. The Morgan fingerprint density at radius 3 is 2.90 bits per heavy atom. The number of benzene rings is 1. The van der Waals surface area contributed by atoms with E-state index in [1.165, 1.54) is 0 Å². The Balaban J connectivity index is 2.15. The lowest BCUT2D eigenvalue weighted by Crippen LogP contribution is -2.28. The number of hydrogen-bond donors (Lipinski definition) is 2. The highest BCUT2D eigenvalue weighted by Crippen LogP contribution is 2.21. The second-order valence-electron chi connectivity index (χ2n) is 4.15. The Hall–Kier alpha value is -1.54. The molecule has 20 heavy (non-hydrogen) atoms. The molecular weight excluding hydrogens is 278 g/mol. The second kappa shape index (κ2) is 6.76. The van der Waals surface area contributed by atoms with Crippen molar-refractivity contribution in [2.45, 2.75) is 4.90 Å². The third kappa shape index (κ3) is 3.51.